The van der Waals surface area contributed by atoms with Crippen molar-refractivity contribution in [3.8, 4) is 0 Å². The number of carboxylic acids is 1. The van der Waals surface area contributed by atoms with Crippen molar-refractivity contribution >= 4 is 11.9 Å². The molecule has 5 nitrogen and oxygen atoms in total. The van der Waals surface area contributed by atoms with Crippen molar-refractivity contribution < 1.29 is 14.7 Å². The molecule has 1 saturated heterocycles. The maximum absolute atomic E-state index is 12.0. The predicted molar refractivity (Wildman–Crippen MR) is 64.4 cm³/mol. The average Bonchev–Trinajstić information content (AvgIpc) is 2.15. The van der Waals surface area contributed by atoms with Crippen LogP contribution in [0.1, 0.15) is 39.5 Å². The molecule has 0 atom stereocenters. The minimum atomic E-state index is -0.858. The van der Waals surface area contributed by atoms with Gasteiger partial charge in [-0.25, -0.2) is 0 Å². The lowest BCUT2D eigenvalue weighted by molar-refractivity contribution is -0.141. The Balaban J connectivity index is 2.45. The van der Waals surface area contributed by atoms with E-state index in [0.29, 0.717) is 13.1 Å². The Kier molecular flexibility index (Phi) is 4.51. The van der Waals surface area contributed by atoms with Gasteiger partial charge in [0.05, 0.1) is 6.42 Å². The highest BCUT2D eigenvalue weighted by Crippen LogP contribution is 2.26. The second-order valence-electron chi connectivity index (χ2n) is 5.63. The molecule has 0 radical (unpaired) electrons. The number of piperidine rings is 1. The van der Waals surface area contributed by atoms with Gasteiger partial charge in [0.1, 0.15) is 0 Å². The van der Waals surface area contributed by atoms with E-state index >= 15 is 0 Å². The molecule has 1 fully saturated rings. The monoisotopic (exact) mass is 242 g/mol. The molecule has 1 aliphatic heterocycles. The van der Waals surface area contributed by atoms with E-state index in [1.165, 1.54) is 0 Å². The summed E-state index contributed by atoms with van der Waals surface area (Å²) >= 11 is 0. The van der Waals surface area contributed by atoms with Crippen LogP contribution in [0, 0.1) is 5.41 Å². The first-order chi connectivity index (χ1) is 7.80. The minimum Gasteiger partial charge on any atom is -0.481 e. The van der Waals surface area contributed by atoms with E-state index in [1.807, 2.05) is 13.8 Å². The van der Waals surface area contributed by atoms with E-state index < -0.39 is 11.4 Å². The molecule has 0 spiro atoms. The van der Waals surface area contributed by atoms with Crippen LogP contribution in [-0.4, -0.2) is 41.0 Å². The fraction of sp³-hybridized carbons (Fsp3) is 0.833. The molecule has 0 saturated carbocycles. The van der Waals surface area contributed by atoms with Crippen LogP contribution in [0.15, 0.2) is 0 Å². The Bertz CT molecular complexity index is 294. The fourth-order valence-corrected chi connectivity index (χ4v) is 2.14. The number of hydrogen-bond acceptors (Lipinski definition) is 3. The summed E-state index contributed by atoms with van der Waals surface area (Å²) in [5.74, 6) is -0.813. The molecule has 5 heteroatoms. The molecule has 0 aliphatic carbocycles. The molecule has 1 aliphatic rings. The van der Waals surface area contributed by atoms with Gasteiger partial charge in [0, 0.05) is 25.6 Å². The summed E-state index contributed by atoms with van der Waals surface area (Å²) in [6.45, 7) is 5.02. The van der Waals surface area contributed by atoms with E-state index in [2.05, 4.69) is 0 Å². The molecule has 3 N–H and O–H groups in total. The number of rotatable bonds is 4. The summed E-state index contributed by atoms with van der Waals surface area (Å²) in [7, 11) is 0. The summed E-state index contributed by atoms with van der Waals surface area (Å²) in [6.07, 6.45) is 1.98. The lowest BCUT2D eigenvalue weighted by Crippen LogP contribution is -2.44. The third-order valence-corrected chi connectivity index (χ3v) is 3.15. The second-order valence-corrected chi connectivity index (χ2v) is 5.63. The molecule has 0 aromatic carbocycles. The van der Waals surface area contributed by atoms with E-state index in [0.717, 1.165) is 12.8 Å². The smallest absolute Gasteiger partial charge is 0.303 e. The second kappa shape index (κ2) is 5.49. The normalized spacial score (nSPS) is 18.2. The van der Waals surface area contributed by atoms with Crippen molar-refractivity contribution in [2.24, 2.45) is 11.1 Å². The topological polar surface area (TPSA) is 83.6 Å². The largest absolute Gasteiger partial charge is 0.481 e. The van der Waals surface area contributed by atoms with Crippen LogP contribution in [0.5, 0.6) is 0 Å². The first-order valence-corrected chi connectivity index (χ1v) is 6.05. The summed E-state index contributed by atoms with van der Waals surface area (Å²) in [4.78, 5) is 24.5. The molecule has 0 bridgehead atoms. The van der Waals surface area contributed by atoms with E-state index in [-0.39, 0.29) is 24.8 Å². The summed E-state index contributed by atoms with van der Waals surface area (Å²) < 4.78 is 0. The predicted octanol–water partition coefficient (Wildman–Crippen LogP) is 0.827. The van der Waals surface area contributed by atoms with Gasteiger partial charge in [-0.1, -0.05) is 13.8 Å². The molecule has 1 amide bonds. The maximum atomic E-state index is 12.0. The van der Waals surface area contributed by atoms with Gasteiger partial charge < -0.3 is 15.7 Å². The zero-order chi connectivity index (χ0) is 13.1. The SMILES string of the molecule is CC(C)(CC(=O)O)CC(=O)N1CCC(N)CC1. The van der Waals surface area contributed by atoms with Crippen LogP contribution >= 0.6 is 0 Å². The number of likely N-dealkylation sites (tertiary alicyclic amines) is 1. The first-order valence-electron chi connectivity index (χ1n) is 6.05. The van der Waals surface area contributed by atoms with Crippen LogP contribution in [0.2, 0.25) is 0 Å². The van der Waals surface area contributed by atoms with Gasteiger partial charge in [-0.15, -0.1) is 0 Å². The van der Waals surface area contributed by atoms with Gasteiger partial charge in [-0.3, -0.25) is 9.59 Å². The van der Waals surface area contributed by atoms with E-state index in [4.69, 9.17) is 10.8 Å². The summed E-state index contributed by atoms with van der Waals surface area (Å²) in [5.41, 5.74) is 5.29. The molecule has 98 valence electrons. The highest BCUT2D eigenvalue weighted by atomic mass is 16.4. The maximum Gasteiger partial charge on any atom is 0.303 e. The standard InChI is InChI=1S/C12H22N2O3/c1-12(2,8-11(16)17)7-10(15)14-5-3-9(13)4-6-14/h9H,3-8,13H2,1-2H3,(H,16,17). The molecule has 17 heavy (non-hydrogen) atoms. The number of hydrogen-bond donors (Lipinski definition) is 2. The van der Waals surface area contributed by atoms with Crippen molar-refractivity contribution in [1.82, 2.24) is 4.90 Å². The highest BCUT2D eigenvalue weighted by Gasteiger charge is 2.29. The van der Waals surface area contributed by atoms with Gasteiger partial charge in [0.2, 0.25) is 5.91 Å². The lowest BCUT2D eigenvalue weighted by atomic mass is 9.85. The number of aliphatic carboxylic acids is 1. The van der Waals surface area contributed by atoms with Gasteiger partial charge in [0.15, 0.2) is 0 Å². The van der Waals surface area contributed by atoms with Crippen molar-refractivity contribution in [3.63, 3.8) is 0 Å². The Morgan fingerprint density at radius 2 is 1.82 bits per heavy atom. The summed E-state index contributed by atoms with van der Waals surface area (Å²) in [6, 6.07) is 0.200. The molecule has 0 aromatic rings. The number of carbonyl (C=O) groups excluding carboxylic acids is 1. The van der Waals surface area contributed by atoms with Crippen LogP contribution in [0.25, 0.3) is 0 Å². The molecule has 0 unspecified atom stereocenters. The Morgan fingerprint density at radius 3 is 2.29 bits per heavy atom. The highest BCUT2D eigenvalue weighted by molar-refractivity contribution is 5.78. The average molecular weight is 242 g/mol. The van der Waals surface area contributed by atoms with E-state index in [9.17, 15) is 9.59 Å². The Morgan fingerprint density at radius 1 is 1.29 bits per heavy atom. The molecule has 1 rings (SSSR count). The minimum absolute atomic E-state index is 0.0199. The zero-order valence-corrected chi connectivity index (χ0v) is 10.6. The molecule has 0 aromatic heterocycles. The van der Waals surface area contributed by atoms with E-state index in [1.54, 1.807) is 4.90 Å². The number of amides is 1. The van der Waals surface area contributed by atoms with Crippen LogP contribution in [-0.2, 0) is 9.59 Å². The van der Waals surface area contributed by atoms with Crippen LogP contribution in [0.3, 0.4) is 0 Å². The van der Waals surface area contributed by atoms with Gasteiger partial charge in [-0.05, 0) is 18.3 Å². The van der Waals surface area contributed by atoms with Crippen LogP contribution < -0.4 is 5.73 Å². The Hall–Kier alpha value is -1.10. The summed E-state index contributed by atoms with van der Waals surface area (Å²) in [5, 5.41) is 8.77. The Labute approximate surface area is 102 Å². The van der Waals surface area contributed by atoms with Crippen molar-refractivity contribution in [2.45, 2.75) is 45.6 Å². The first kappa shape index (κ1) is 14.0. The van der Waals surface area contributed by atoms with Gasteiger partial charge in [-0.2, -0.15) is 0 Å². The van der Waals surface area contributed by atoms with Crippen molar-refractivity contribution in [3.05, 3.63) is 0 Å². The quantitative estimate of drug-likeness (QED) is 0.764. The number of nitrogens with zero attached hydrogens (tertiary/aromatic N) is 1. The third kappa shape index (κ3) is 4.73. The number of carboxylic acid groups (broad SMARTS) is 1. The molecule has 1 heterocycles. The number of carbonyl (C=O) groups is 2. The molecular weight excluding hydrogens is 220 g/mol. The van der Waals surface area contributed by atoms with Gasteiger partial charge >= 0.3 is 5.97 Å². The van der Waals surface area contributed by atoms with Crippen LogP contribution in [0.4, 0.5) is 0 Å². The van der Waals surface area contributed by atoms with Gasteiger partial charge in [0.25, 0.3) is 0 Å². The molecular formula is C12H22N2O3. The third-order valence-electron chi connectivity index (χ3n) is 3.15. The number of nitrogens with two attached hydrogens (primary N) is 1. The zero-order valence-electron chi connectivity index (χ0n) is 10.6. The van der Waals surface area contributed by atoms with Crippen molar-refractivity contribution in [1.29, 1.82) is 0 Å². The van der Waals surface area contributed by atoms with Crippen molar-refractivity contribution in [2.75, 3.05) is 13.1 Å². The lowest BCUT2D eigenvalue weighted by Gasteiger charge is -2.32. The fourth-order valence-electron chi connectivity index (χ4n) is 2.14.